The first-order valence-corrected chi connectivity index (χ1v) is 5.53. The molecule has 1 amide bonds. The molecule has 1 N–H and O–H groups in total. The van der Waals surface area contributed by atoms with Gasteiger partial charge in [-0.05, 0) is 18.2 Å². The molecule has 0 radical (unpaired) electrons. The highest BCUT2D eigenvalue weighted by molar-refractivity contribution is 7.80. The van der Waals surface area contributed by atoms with Crippen molar-refractivity contribution in [2.45, 2.75) is 11.4 Å². The number of rotatable bonds is 3. The van der Waals surface area contributed by atoms with Crippen molar-refractivity contribution in [2.24, 2.45) is 0 Å². The third-order valence-corrected chi connectivity index (χ3v) is 2.61. The Morgan fingerprint density at radius 2 is 2.12 bits per heavy atom. The number of benzene rings is 1. The van der Waals surface area contributed by atoms with Gasteiger partial charge in [-0.3, -0.25) is 4.79 Å². The molecule has 1 heterocycles. The Morgan fingerprint density at radius 3 is 2.82 bits per heavy atom. The predicted octanol–water partition coefficient (Wildman–Crippen LogP) is 1.70. The van der Waals surface area contributed by atoms with Crippen molar-refractivity contribution >= 4 is 18.5 Å². The van der Waals surface area contributed by atoms with Crippen LogP contribution in [0.2, 0.25) is 0 Å². The maximum atomic E-state index is 11.8. The highest BCUT2D eigenvalue weighted by Gasteiger charge is 2.07. The first-order valence-electron chi connectivity index (χ1n) is 5.08. The molecule has 0 aliphatic heterocycles. The molecule has 4 nitrogen and oxygen atoms in total. The molecule has 1 aromatic heterocycles. The van der Waals surface area contributed by atoms with Gasteiger partial charge in [0, 0.05) is 11.1 Å². The lowest BCUT2D eigenvalue weighted by atomic mass is 10.2. The van der Waals surface area contributed by atoms with E-state index in [0.29, 0.717) is 17.0 Å². The van der Waals surface area contributed by atoms with Crippen molar-refractivity contribution in [3.05, 3.63) is 54.1 Å². The highest BCUT2D eigenvalue weighted by Crippen LogP contribution is 2.12. The topological polar surface area (TPSA) is 54.9 Å². The van der Waals surface area contributed by atoms with E-state index in [1.165, 1.54) is 6.33 Å². The van der Waals surface area contributed by atoms with Gasteiger partial charge < -0.3 is 5.32 Å². The maximum Gasteiger partial charge on any atom is 0.252 e. The molecule has 2 aromatic rings. The third kappa shape index (κ3) is 3.04. The average molecular weight is 245 g/mol. The molecule has 1 aromatic carbocycles. The molecule has 0 aliphatic rings. The summed E-state index contributed by atoms with van der Waals surface area (Å²) in [4.78, 5) is 20.3. The van der Waals surface area contributed by atoms with Crippen LogP contribution in [0.1, 0.15) is 16.1 Å². The van der Waals surface area contributed by atoms with Crippen LogP contribution < -0.4 is 5.32 Å². The van der Waals surface area contributed by atoms with Gasteiger partial charge in [0.25, 0.3) is 5.91 Å². The van der Waals surface area contributed by atoms with Gasteiger partial charge in [-0.1, -0.05) is 12.1 Å². The fourth-order valence-corrected chi connectivity index (χ4v) is 1.62. The Hall–Kier alpha value is -1.88. The Morgan fingerprint density at radius 1 is 1.29 bits per heavy atom. The predicted molar refractivity (Wildman–Crippen MR) is 66.9 cm³/mol. The molecule has 17 heavy (non-hydrogen) atoms. The molecule has 0 saturated carbocycles. The smallest absolute Gasteiger partial charge is 0.252 e. The van der Waals surface area contributed by atoms with Crippen molar-refractivity contribution in [2.75, 3.05) is 0 Å². The first kappa shape index (κ1) is 11.6. The molecule has 0 atom stereocenters. The van der Waals surface area contributed by atoms with Gasteiger partial charge in [0.15, 0.2) is 0 Å². The van der Waals surface area contributed by atoms with E-state index in [0.717, 1.165) is 5.69 Å². The van der Waals surface area contributed by atoms with Gasteiger partial charge in [0.05, 0.1) is 17.8 Å². The minimum Gasteiger partial charge on any atom is -0.346 e. The van der Waals surface area contributed by atoms with E-state index in [1.807, 2.05) is 6.07 Å². The fraction of sp³-hybridized carbons (Fsp3) is 0.0833. The van der Waals surface area contributed by atoms with Crippen molar-refractivity contribution in [1.82, 2.24) is 15.3 Å². The zero-order valence-corrected chi connectivity index (χ0v) is 9.89. The van der Waals surface area contributed by atoms with Crippen LogP contribution in [0.15, 0.2) is 47.8 Å². The van der Waals surface area contributed by atoms with E-state index in [4.69, 9.17) is 0 Å². The summed E-state index contributed by atoms with van der Waals surface area (Å²) in [5.74, 6) is -0.158. The maximum absolute atomic E-state index is 11.8. The zero-order chi connectivity index (χ0) is 12.1. The second-order valence-electron chi connectivity index (χ2n) is 3.40. The molecule has 0 fully saturated rings. The van der Waals surface area contributed by atoms with Crippen LogP contribution >= 0.6 is 12.6 Å². The fourth-order valence-electron chi connectivity index (χ4n) is 1.35. The van der Waals surface area contributed by atoms with Crippen LogP contribution in [0.4, 0.5) is 0 Å². The molecule has 0 bridgehead atoms. The van der Waals surface area contributed by atoms with Crippen LogP contribution in [0, 0.1) is 0 Å². The lowest BCUT2D eigenvalue weighted by Gasteiger charge is -2.06. The Labute approximate surface area is 105 Å². The Bertz CT molecular complexity index is 516. The van der Waals surface area contributed by atoms with E-state index in [-0.39, 0.29) is 5.91 Å². The van der Waals surface area contributed by atoms with E-state index in [1.54, 1.807) is 30.5 Å². The summed E-state index contributed by atoms with van der Waals surface area (Å²) in [5, 5.41) is 2.78. The van der Waals surface area contributed by atoms with Crippen molar-refractivity contribution in [1.29, 1.82) is 0 Å². The van der Waals surface area contributed by atoms with Crippen LogP contribution in [0.5, 0.6) is 0 Å². The van der Waals surface area contributed by atoms with Gasteiger partial charge >= 0.3 is 0 Å². The van der Waals surface area contributed by atoms with Gasteiger partial charge in [-0.15, -0.1) is 12.6 Å². The normalized spacial score (nSPS) is 9.94. The minimum atomic E-state index is -0.158. The molecule has 86 valence electrons. The molecule has 0 spiro atoms. The Balaban J connectivity index is 2.01. The van der Waals surface area contributed by atoms with Crippen LogP contribution in [0.25, 0.3) is 0 Å². The highest BCUT2D eigenvalue weighted by atomic mass is 32.1. The molecule has 0 unspecified atom stereocenters. The summed E-state index contributed by atoms with van der Waals surface area (Å²) < 4.78 is 0. The number of hydrogen-bond donors (Lipinski definition) is 2. The van der Waals surface area contributed by atoms with E-state index >= 15 is 0 Å². The summed E-state index contributed by atoms with van der Waals surface area (Å²) >= 11 is 4.23. The number of carbonyl (C=O) groups excluding carboxylic acids is 1. The standard InChI is InChI=1S/C12H11N3OS/c16-12(10-3-1-2-4-11(10)17)14-7-9-5-6-13-8-15-9/h1-6,8,17H,7H2,(H,14,16). The summed E-state index contributed by atoms with van der Waals surface area (Å²) in [7, 11) is 0. The second kappa shape index (κ2) is 5.45. The number of nitrogens with one attached hydrogen (secondary N) is 1. The third-order valence-electron chi connectivity index (χ3n) is 2.22. The van der Waals surface area contributed by atoms with Gasteiger partial charge in [-0.2, -0.15) is 0 Å². The average Bonchev–Trinajstić information content (AvgIpc) is 2.38. The summed E-state index contributed by atoms with van der Waals surface area (Å²) in [6.45, 7) is 0.378. The zero-order valence-electron chi connectivity index (χ0n) is 9.00. The number of hydrogen-bond acceptors (Lipinski definition) is 4. The van der Waals surface area contributed by atoms with Crippen molar-refractivity contribution < 1.29 is 4.79 Å². The molecule has 0 saturated heterocycles. The Kier molecular flexibility index (Phi) is 3.72. The van der Waals surface area contributed by atoms with Crippen LogP contribution in [-0.2, 0) is 6.54 Å². The lowest BCUT2D eigenvalue weighted by molar-refractivity contribution is 0.0947. The number of thiol groups is 1. The van der Waals surface area contributed by atoms with Gasteiger partial charge in [0.2, 0.25) is 0 Å². The minimum absolute atomic E-state index is 0.158. The second-order valence-corrected chi connectivity index (χ2v) is 3.88. The van der Waals surface area contributed by atoms with Crippen LogP contribution in [0.3, 0.4) is 0 Å². The molecule has 2 rings (SSSR count). The number of amides is 1. The summed E-state index contributed by atoms with van der Waals surface area (Å²) in [6.07, 6.45) is 3.09. The van der Waals surface area contributed by atoms with Gasteiger partial charge in [0.1, 0.15) is 6.33 Å². The quantitative estimate of drug-likeness (QED) is 0.809. The van der Waals surface area contributed by atoms with E-state index < -0.39 is 0 Å². The number of carbonyl (C=O) groups is 1. The lowest BCUT2D eigenvalue weighted by Crippen LogP contribution is -2.23. The number of aromatic nitrogens is 2. The molecule has 0 aliphatic carbocycles. The van der Waals surface area contributed by atoms with Crippen molar-refractivity contribution in [3.63, 3.8) is 0 Å². The SMILES string of the molecule is O=C(NCc1ccncn1)c1ccccc1S. The summed E-state index contributed by atoms with van der Waals surface area (Å²) in [6, 6.07) is 8.91. The molecular formula is C12H11N3OS. The van der Waals surface area contributed by atoms with Crippen LogP contribution in [-0.4, -0.2) is 15.9 Å². The van der Waals surface area contributed by atoms with Gasteiger partial charge in [-0.25, -0.2) is 9.97 Å². The van der Waals surface area contributed by atoms with Crippen molar-refractivity contribution in [3.8, 4) is 0 Å². The number of nitrogens with zero attached hydrogens (tertiary/aromatic N) is 2. The summed E-state index contributed by atoms with van der Waals surface area (Å²) in [5.41, 5.74) is 1.33. The monoisotopic (exact) mass is 245 g/mol. The molecule has 5 heteroatoms. The first-order chi connectivity index (χ1) is 8.27. The largest absolute Gasteiger partial charge is 0.346 e. The van der Waals surface area contributed by atoms with E-state index in [9.17, 15) is 4.79 Å². The molecular weight excluding hydrogens is 234 g/mol. The van der Waals surface area contributed by atoms with E-state index in [2.05, 4.69) is 27.9 Å².